The number of methoxy groups -OCH3 is 1. The number of aliphatic hydroxyl groups is 3. The molecule has 7 nitrogen and oxygen atoms in total. The lowest BCUT2D eigenvalue weighted by atomic mass is 9.96. The number of nitrogens with two attached hydrogens (primary N) is 1. The highest BCUT2D eigenvalue weighted by molar-refractivity contribution is 4.95. The van der Waals surface area contributed by atoms with Crippen molar-refractivity contribution < 1.29 is 29.5 Å². The second kappa shape index (κ2) is 5.37. The van der Waals surface area contributed by atoms with Crippen molar-refractivity contribution in [2.75, 3.05) is 20.3 Å². The number of ether oxygens (including phenoxy) is 3. The Morgan fingerprint density at radius 3 is 2.44 bits per heavy atom. The molecule has 1 heterocycles. The number of hydrogen-bond donors (Lipinski definition) is 4. The van der Waals surface area contributed by atoms with Crippen molar-refractivity contribution in [3.8, 4) is 0 Å². The Hall–Kier alpha value is -0.280. The molecule has 0 aromatic rings. The Kier molecular flexibility index (Phi) is 4.62. The fourth-order valence-corrected chi connectivity index (χ4v) is 1.72. The molecule has 0 saturated carbocycles. The van der Waals surface area contributed by atoms with Crippen molar-refractivity contribution in [2.24, 2.45) is 5.73 Å². The summed E-state index contributed by atoms with van der Waals surface area (Å²) in [5.41, 5.74) is 5.69. The standard InChI is InChI=1S/C9H19NO6/c1-3-15-9(14-2)8(10)7(13)6(12)5(4-11)16-9/h5-8,11-13H,3-4,10H2,1-2H3/t5-,6-,7+,8-,9?/m1/s1. The molecule has 1 rings (SSSR count). The van der Waals surface area contributed by atoms with Gasteiger partial charge in [-0.1, -0.05) is 0 Å². The molecular formula is C9H19NO6. The van der Waals surface area contributed by atoms with Crippen molar-refractivity contribution in [1.29, 1.82) is 0 Å². The molecule has 1 aliphatic heterocycles. The summed E-state index contributed by atoms with van der Waals surface area (Å²) in [6.07, 6.45) is -3.57. The fraction of sp³-hybridized carbons (Fsp3) is 1.00. The van der Waals surface area contributed by atoms with Crippen LogP contribution in [0.1, 0.15) is 6.92 Å². The summed E-state index contributed by atoms with van der Waals surface area (Å²) in [5.74, 6) is -1.64. The first kappa shape index (κ1) is 13.8. The summed E-state index contributed by atoms with van der Waals surface area (Å²) >= 11 is 0. The van der Waals surface area contributed by atoms with Gasteiger partial charge in [0, 0.05) is 13.7 Å². The van der Waals surface area contributed by atoms with Gasteiger partial charge < -0.3 is 35.3 Å². The molecule has 0 radical (unpaired) electrons. The molecule has 0 aromatic carbocycles. The van der Waals surface area contributed by atoms with E-state index in [1.165, 1.54) is 7.11 Å². The van der Waals surface area contributed by atoms with Crippen LogP contribution >= 0.6 is 0 Å². The SMILES string of the molecule is CCOC1(OC)O[C@H](CO)[C@@H](O)[C@H](O)[C@H]1N. The maximum absolute atomic E-state index is 9.71. The Morgan fingerprint density at radius 2 is 2.00 bits per heavy atom. The first-order valence-corrected chi connectivity index (χ1v) is 5.11. The summed E-state index contributed by atoms with van der Waals surface area (Å²) in [6, 6.07) is -1.06. The van der Waals surface area contributed by atoms with E-state index >= 15 is 0 Å². The van der Waals surface area contributed by atoms with Gasteiger partial charge in [-0.25, -0.2) is 0 Å². The van der Waals surface area contributed by atoms with Crippen LogP contribution in [0.2, 0.25) is 0 Å². The van der Waals surface area contributed by atoms with Crippen LogP contribution in [0.25, 0.3) is 0 Å². The van der Waals surface area contributed by atoms with E-state index in [4.69, 9.17) is 25.1 Å². The summed E-state index contributed by atoms with van der Waals surface area (Å²) in [5, 5.41) is 28.3. The minimum Gasteiger partial charge on any atom is -0.394 e. The van der Waals surface area contributed by atoms with Gasteiger partial charge in [0.25, 0.3) is 0 Å². The molecule has 5 N–H and O–H groups in total. The summed E-state index contributed by atoms with van der Waals surface area (Å²) in [7, 11) is 1.31. The average molecular weight is 237 g/mol. The van der Waals surface area contributed by atoms with Crippen LogP contribution in [0, 0.1) is 0 Å². The van der Waals surface area contributed by atoms with Crippen LogP contribution in [0.5, 0.6) is 0 Å². The van der Waals surface area contributed by atoms with Gasteiger partial charge in [0.05, 0.1) is 6.61 Å². The van der Waals surface area contributed by atoms with Crippen molar-refractivity contribution in [1.82, 2.24) is 0 Å². The molecule has 96 valence electrons. The number of rotatable bonds is 4. The van der Waals surface area contributed by atoms with Crippen molar-refractivity contribution >= 4 is 0 Å². The molecule has 0 aromatic heterocycles. The van der Waals surface area contributed by atoms with Gasteiger partial charge in [0.1, 0.15) is 24.4 Å². The molecule has 0 aliphatic carbocycles. The largest absolute Gasteiger partial charge is 0.394 e. The molecule has 1 aliphatic rings. The molecule has 1 fully saturated rings. The topological polar surface area (TPSA) is 114 Å². The Bertz CT molecular complexity index is 226. The normalized spacial score (nSPS) is 44.6. The third kappa shape index (κ3) is 2.21. The van der Waals surface area contributed by atoms with E-state index < -0.39 is 36.9 Å². The number of aliphatic hydroxyl groups excluding tert-OH is 3. The number of hydrogen-bond acceptors (Lipinski definition) is 7. The summed E-state index contributed by atoms with van der Waals surface area (Å²) in [4.78, 5) is 0. The predicted molar refractivity (Wildman–Crippen MR) is 53.3 cm³/mol. The lowest BCUT2D eigenvalue weighted by molar-refractivity contribution is -0.429. The summed E-state index contributed by atoms with van der Waals surface area (Å²) in [6.45, 7) is 1.49. The van der Waals surface area contributed by atoms with Gasteiger partial charge in [-0.2, -0.15) is 0 Å². The van der Waals surface area contributed by atoms with Gasteiger partial charge >= 0.3 is 5.97 Å². The lowest BCUT2D eigenvalue weighted by Crippen LogP contribution is -2.70. The van der Waals surface area contributed by atoms with Crippen LogP contribution in [0.4, 0.5) is 0 Å². The van der Waals surface area contributed by atoms with E-state index in [9.17, 15) is 10.2 Å². The molecule has 1 unspecified atom stereocenters. The van der Waals surface area contributed by atoms with Crippen molar-refractivity contribution in [2.45, 2.75) is 37.3 Å². The zero-order valence-corrected chi connectivity index (χ0v) is 9.37. The minimum atomic E-state index is -1.64. The minimum absolute atomic E-state index is 0.252. The molecule has 5 atom stereocenters. The first-order valence-electron chi connectivity index (χ1n) is 5.11. The van der Waals surface area contributed by atoms with Gasteiger partial charge in [0.2, 0.25) is 0 Å². The van der Waals surface area contributed by atoms with Crippen LogP contribution in [0.15, 0.2) is 0 Å². The zero-order valence-electron chi connectivity index (χ0n) is 9.37. The first-order chi connectivity index (χ1) is 7.52. The average Bonchev–Trinajstić information content (AvgIpc) is 2.30. The maximum Gasteiger partial charge on any atom is 0.301 e. The molecule has 0 bridgehead atoms. The quantitative estimate of drug-likeness (QED) is 0.409. The molecule has 1 saturated heterocycles. The van der Waals surface area contributed by atoms with Gasteiger partial charge in [-0.3, -0.25) is 0 Å². The van der Waals surface area contributed by atoms with E-state index in [2.05, 4.69) is 0 Å². The Labute approximate surface area is 93.7 Å². The van der Waals surface area contributed by atoms with E-state index in [1.54, 1.807) is 6.92 Å². The monoisotopic (exact) mass is 237 g/mol. The molecule has 0 spiro atoms. The highest BCUT2D eigenvalue weighted by Crippen LogP contribution is 2.30. The highest BCUT2D eigenvalue weighted by atomic mass is 16.9. The van der Waals surface area contributed by atoms with Gasteiger partial charge in [-0.15, -0.1) is 0 Å². The maximum atomic E-state index is 9.71. The smallest absolute Gasteiger partial charge is 0.301 e. The predicted octanol–water partition coefficient (Wildman–Crippen LogP) is -2.24. The summed E-state index contributed by atoms with van der Waals surface area (Å²) < 4.78 is 15.5. The van der Waals surface area contributed by atoms with Gasteiger partial charge in [-0.05, 0) is 6.92 Å². The van der Waals surface area contributed by atoms with Crippen LogP contribution in [-0.2, 0) is 14.2 Å². The molecule has 7 heteroatoms. The van der Waals surface area contributed by atoms with E-state index in [-0.39, 0.29) is 6.61 Å². The molecule has 16 heavy (non-hydrogen) atoms. The second-order valence-corrected chi connectivity index (χ2v) is 3.59. The fourth-order valence-electron chi connectivity index (χ4n) is 1.72. The third-order valence-electron chi connectivity index (χ3n) is 2.63. The van der Waals surface area contributed by atoms with E-state index in [0.29, 0.717) is 0 Å². The van der Waals surface area contributed by atoms with E-state index in [0.717, 1.165) is 0 Å². The van der Waals surface area contributed by atoms with Crippen LogP contribution in [-0.4, -0.2) is 66.0 Å². The lowest BCUT2D eigenvalue weighted by Gasteiger charge is -2.47. The van der Waals surface area contributed by atoms with Crippen molar-refractivity contribution in [3.63, 3.8) is 0 Å². The highest BCUT2D eigenvalue weighted by Gasteiger charge is 2.54. The van der Waals surface area contributed by atoms with Crippen molar-refractivity contribution in [3.05, 3.63) is 0 Å². The second-order valence-electron chi connectivity index (χ2n) is 3.59. The Balaban J connectivity index is 2.91. The third-order valence-corrected chi connectivity index (χ3v) is 2.63. The molecular weight excluding hydrogens is 218 g/mol. The zero-order chi connectivity index (χ0) is 12.3. The Morgan fingerprint density at radius 1 is 1.38 bits per heavy atom. The van der Waals surface area contributed by atoms with Crippen LogP contribution in [0.3, 0.4) is 0 Å². The van der Waals surface area contributed by atoms with Crippen LogP contribution < -0.4 is 5.73 Å². The van der Waals surface area contributed by atoms with Gasteiger partial charge in [0.15, 0.2) is 0 Å². The molecule has 0 amide bonds. The van der Waals surface area contributed by atoms with E-state index in [1.807, 2.05) is 0 Å².